The molecule has 18 N–H and O–H groups in total. The molecule has 10 amide bonds. The molecule has 0 heterocycles. The maximum Gasteiger partial charge on any atom is 0.326 e. The van der Waals surface area contributed by atoms with Crippen LogP contribution in [0.2, 0.25) is 0 Å². The quantitative estimate of drug-likeness (QED) is 0.0391. The first-order chi connectivity index (χ1) is 28.1. The lowest BCUT2D eigenvalue weighted by Gasteiger charge is -2.27. The summed E-state index contributed by atoms with van der Waals surface area (Å²) in [4.78, 5) is 138. The Bertz CT molecular complexity index is 1730. The Morgan fingerprint density at radius 1 is 0.583 bits per heavy atom. The third-order valence-corrected chi connectivity index (χ3v) is 8.60. The largest absolute Gasteiger partial charge is 0.480 e. The molecular formula is C35H53N11O14. The summed E-state index contributed by atoms with van der Waals surface area (Å²) in [6.45, 7) is 0.496. The highest BCUT2D eigenvalue weighted by Gasteiger charge is 2.34. The predicted molar refractivity (Wildman–Crippen MR) is 205 cm³/mol. The lowest BCUT2D eigenvalue weighted by molar-refractivity contribution is -0.142. The fourth-order valence-corrected chi connectivity index (χ4v) is 5.13. The summed E-state index contributed by atoms with van der Waals surface area (Å²) in [5.74, 6) is -13.1. The number of hydrogen-bond donors (Lipinski definition) is 14. The van der Waals surface area contributed by atoms with E-state index in [1.807, 2.05) is 0 Å². The van der Waals surface area contributed by atoms with Crippen molar-refractivity contribution < 1.29 is 68.1 Å². The second-order valence-corrected chi connectivity index (χ2v) is 13.5. The van der Waals surface area contributed by atoms with E-state index in [0.29, 0.717) is 5.56 Å². The number of amides is 10. The molecule has 332 valence electrons. The average molecular weight is 852 g/mol. The van der Waals surface area contributed by atoms with Crippen LogP contribution in [0.1, 0.15) is 45.1 Å². The van der Waals surface area contributed by atoms with Crippen molar-refractivity contribution in [2.75, 3.05) is 19.8 Å². The van der Waals surface area contributed by atoms with Crippen molar-refractivity contribution in [1.82, 2.24) is 37.2 Å². The van der Waals surface area contributed by atoms with Crippen LogP contribution in [-0.2, 0) is 59.2 Å². The van der Waals surface area contributed by atoms with Crippen molar-refractivity contribution in [3.63, 3.8) is 0 Å². The number of nitrogens with two attached hydrogens (primary N) is 4. The van der Waals surface area contributed by atoms with E-state index in [1.54, 1.807) is 37.3 Å². The molecule has 1 rings (SSSR count). The van der Waals surface area contributed by atoms with Gasteiger partial charge in [0.1, 0.15) is 42.3 Å². The van der Waals surface area contributed by atoms with Crippen LogP contribution in [0.4, 0.5) is 0 Å². The van der Waals surface area contributed by atoms with Gasteiger partial charge in [0.05, 0.1) is 39.0 Å². The van der Waals surface area contributed by atoms with E-state index in [2.05, 4.69) is 37.2 Å². The van der Waals surface area contributed by atoms with Gasteiger partial charge in [-0.3, -0.25) is 47.9 Å². The molecular weight excluding hydrogens is 798 g/mol. The van der Waals surface area contributed by atoms with E-state index < -0.39 is 152 Å². The molecule has 0 aliphatic heterocycles. The number of carbonyl (C=O) groups excluding carboxylic acids is 10. The zero-order valence-corrected chi connectivity index (χ0v) is 32.8. The number of hydrogen-bond acceptors (Lipinski definition) is 14. The van der Waals surface area contributed by atoms with Gasteiger partial charge < -0.3 is 75.5 Å². The zero-order valence-electron chi connectivity index (χ0n) is 32.8. The van der Waals surface area contributed by atoms with Crippen LogP contribution in [0.15, 0.2) is 30.3 Å². The minimum absolute atomic E-state index is 0.175. The van der Waals surface area contributed by atoms with Crippen LogP contribution in [0.5, 0.6) is 0 Å². The Morgan fingerprint density at radius 2 is 1.02 bits per heavy atom. The molecule has 0 aliphatic rings. The normalized spacial score (nSPS) is 14.8. The summed E-state index contributed by atoms with van der Waals surface area (Å²) >= 11 is 0. The van der Waals surface area contributed by atoms with Gasteiger partial charge in [-0.05, 0) is 11.5 Å². The number of aliphatic hydroxyl groups excluding tert-OH is 2. The van der Waals surface area contributed by atoms with E-state index in [1.165, 1.54) is 6.92 Å². The van der Waals surface area contributed by atoms with Crippen molar-refractivity contribution in [3.05, 3.63) is 35.9 Å². The summed E-state index contributed by atoms with van der Waals surface area (Å²) in [6.07, 6.45) is -2.41. The van der Waals surface area contributed by atoms with E-state index in [4.69, 9.17) is 28.0 Å². The van der Waals surface area contributed by atoms with E-state index in [9.17, 15) is 63.0 Å². The minimum atomic E-state index is -1.80. The van der Waals surface area contributed by atoms with E-state index >= 15 is 0 Å². The van der Waals surface area contributed by atoms with Gasteiger partial charge in [0, 0.05) is 6.42 Å². The molecule has 1 aromatic carbocycles. The summed E-state index contributed by atoms with van der Waals surface area (Å²) < 4.78 is 0. The fraction of sp³-hybridized carbons (Fsp3) is 0.514. The van der Waals surface area contributed by atoms with Gasteiger partial charge in [-0.1, -0.05) is 50.6 Å². The lowest BCUT2D eigenvalue weighted by Crippen LogP contribution is -2.60. The van der Waals surface area contributed by atoms with Gasteiger partial charge >= 0.3 is 5.97 Å². The number of primary amides is 3. The fourth-order valence-electron chi connectivity index (χ4n) is 5.13. The van der Waals surface area contributed by atoms with Crippen LogP contribution >= 0.6 is 0 Å². The molecule has 0 aromatic heterocycles. The third-order valence-electron chi connectivity index (χ3n) is 8.60. The van der Waals surface area contributed by atoms with Crippen molar-refractivity contribution >= 4 is 65.0 Å². The molecule has 0 saturated heterocycles. The molecule has 0 fully saturated rings. The van der Waals surface area contributed by atoms with Crippen LogP contribution in [0.3, 0.4) is 0 Å². The number of carboxylic acids is 1. The minimum Gasteiger partial charge on any atom is -0.480 e. The second kappa shape index (κ2) is 25.6. The molecule has 0 saturated carbocycles. The Hall–Kier alpha value is -6.73. The Balaban J connectivity index is 3.11. The molecule has 0 unspecified atom stereocenters. The van der Waals surface area contributed by atoms with Crippen molar-refractivity contribution in [2.45, 2.75) is 88.2 Å². The first-order valence-corrected chi connectivity index (χ1v) is 18.3. The van der Waals surface area contributed by atoms with Gasteiger partial charge in [-0.2, -0.15) is 0 Å². The Labute approximate surface area is 342 Å². The average Bonchev–Trinajstić information content (AvgIpc) is 3.18. The van der Waals surface area contributed by atoms with Crippen LogP contribution in [0.25, 0.3) is 0 Å². The van der Waals surface area contributed by atoms with Crippen molar-refractivity contribution in [2.24, 2.45) is 28.9 Å². The number of carboxylic acid groups (broad SMARTS) is 1. The van der Waals surface area contributed by atoms with Crippen LogP contribution < -0.4 is 60.2 Å². The molecule has 0 aliphatic carbocycles. The first-order valence-electron chi connectivity index (χ1n) is 18.3. The summed E-state index contributed by atoms with van der Waals surface area (Å²) in [6, 6.07) is -3.23. The molecule has 0 bridgehead atoms. The standard InChI is InChI=1S/C35H53N11O14/c1-3-16(2)28(46-32(56)21(12-26(39)51)43-33(57)23(15-48)45-29(53)18(36)14-47)34(58)40-13-27(52)41-19(10-24(37)49)30(54)42-20(11-25(38)50)31(55)44-22(35(59)60)9-17-7-5-4-6-8-17/h4-8,16,18-23,28,47-48H,3,9-15,36H2,1-2H3,(H2,37,49)(H2,38,50)(H2,39,51)(H,40,58)(H,41,52)(H,42,54)(H,43,57)(H,44,55)(H,45,53)(H,46,56)(H,59,60)/t16-,18-,19-,20-,21-,22-,23-,28-/m0/s1. The van der Waals surface area contributed by atoms with Crippen molar-refractivity contribution in [3.8, 4) is 0 Å². The Morgan fingerprint density at radius 3 is 1.45 bits per heavy atom. The molecule has 25 heteroatoms. The highest BCUT2D eigenvalue weighted by Crippen LogP contribution is 2.10. The number of carbonyl (C=O) groups is 11. The number of aliphatic hydroxyl groups is 2. The van der Waals surface area contributed by atoms with Gasteiger partial charge in [-0.15, -0.1) is 0 Å². The van der Waals surface area contributed by atoms with Crippen molar-refractivity contribution in [1.29, 1.82) is 0 Å². The molecule has 1 aromatic rings. The summed E-state index contributed by atoms with van der Waals surface area (Å²) in [5, 5.41) is 43.6. The highest BCUT2D eigenvalue weighted by molar-refractivity contribution is 5.99. The zero-order chi connectivity index (χ0) is 45.7. The van der Waals surface area contributed by atoms with Crippen LogP contribution in [-0.4, -0.2) is 142 Å². The predicted octanol–water partition coefficient (Wildman–Crippen LogP) is -7.68. The highest BCUT2D eigenvalue weighted by atomic mass is 16.4. The van der Waals surface area contributed by atoms with E-state index in [0.717, 1.165) is 0 Å². The summed E-state index contributed by atoms with van der Waals surface area (Å²) in [5.41, 5.74) is 21.7. The number of benzene rings is 1. The first kappa shape index (κ1) is 51.3. The maximum atomic E-state index is 13.3. The van der Waals surface area contributed by atoms with Gasteiger partial charge in [-0.25, -0.2) is 4.79 Å². The molecule has 0 radical (unpaired) electrons. The SMILES string of the molecule is CC[C@H](C)[C@H](NC(=O)[C@H](CC(N)=O)NC(=O)[C@H](CO)NC(=O)[C@@H](N)CO)C(=O)NCC(=O)N[C@@H](CC(N)=O)C(=O)N[C@@H](CC(N)=O)C(=O)N[C@@H](Cc1ccccc1)C(=O)O. The van der Waals surface area contributed by atoms with Crippen LogP contribution in [0, 0.1) is 5.92 Å². The second-order valence-electron chi connectivity index (χ2n) is 13.5. The van der Waals surface area contributed by atoms with Gasteiger partial charge in [0.2, 0.25) is 59.1 Å². The monoisotopic (exact) mass is 851 g/mol. The molecule has 0 spiro atoms. The van der Waals surface area contributed by atoms with E-state index in [-0.39, 0.29) is 12.8 Å². The Kier molecular flexibility index (Phi) is 21.9. The summed E-state index contributed by atoms with van der Waals surface area (Å²) in [7, 11) is 0. The molecule has 25 nitrogen and oxygen atoms in total. The third kappa shape index (κ3) is 18.2. The van der Waals surface area contributed by atoms with Gasteiger partial charge in [0.25, 0.3) is 0 Å². The smallest absolute Gasteiger partial charge is 0.326 e. The maximum absolute atomic E-state index is 13.3. The van der Waals surface area contributed by atoms with Gasteiger partial charge in [0.15, 0.2) is 0 Å². The number of nitrogens with one attached hydrogen (secondary N) is 7. The lowest BCUT2D eigenvalue weighted by atomic mass is 9.97. The number of rotatable bonds is 27. The molecule has 8 atom stereocenters. The molecule has 60 heavy (non-hydrogen) atoms. The topological polar surface area (TPSA) is 437 Å². The number of aliphatic carboxylic acids is 1.